The van der Waals surface area contributed by atoms with E-state index in [9.17, 15) is 54.5 Å². The van der Waals surface area contributed by atoms with Crippen LogP contribution < -0.4 is 0 Å². The molecule has 2 aliphatic rings. The van der Waals surface area contributed by atoms with Crippen molar-refractivity contribution in [3.63, 3.8) is 0 Å². The molecule has 0 saturated heterocycles. The highest BCUT2D eigenvalue weighted by atomic mass is 31.2. The molecule has 1 aliphatic carbocycles. The third kappa shape index (κ3) is 25.0. The van der Waals surface area contributed by atoms with Gasteiger partial charge in [-0.2, -0.15) is 0 Å². The minimum Gasteiger partial charge on any atom is -0.462 e. The van der Waals surface area contributed by atoms with Crippen LogP contribution in [0.4, 0.5) is 0 Å². The summed E-state index contributed by atoms with van der Waals surface area (Å²) in [5.41, 5.74) is 0. The molecule has 0 saturated carbocycles. The van der Waals surface area contributed by atoms with Crippen molar-refractivity contribution >= 4 is 25.5 Å². The molecule has 0 aromatic rings. The van der Waals surface area contributed by atoms with Crippen LogP contribution in [0.5, 0.6) is 0 Å². The van der Waals surface area contributed by atoms with Gasteiger partial charge in [-0.15, -0.1) is 0 Å². The first kappa shape index (κ1) is 58.0. The van der Waals surface area contributed by atoms with Gasteiger partial charge in [0.2, 0.25) is 0 Å². The van der Waals surface area contributed by atoms with Crippen molar-refractivity contribution in [3.05, 3.63) is 72.9 Å². The van der Waals surface area contributed by atoms with Crippen molar-refractivity contribution in [2.45, 2.75) is 191 Å². The molecule has 0 aromatic heterocycles. The van der Waals surface area contributed by atoms with Gasteiger partial charge in [0, 0.05) is 18.8 Å². The molecule has 2 rings (SSSR count). The fourth-order valence-corrected chi connectivity index (χ4v) is 8.23. The Morgan fingerprint density at radius 1 is 0.800 bits per heavy atom. The number of esters is 2. The molecule has 16 heteroatoms. The molecule has 0 spiro atoms. The number of cyclic esters (lactones) is 1. The van der Waals surface area contributed by atoms with Gasteiger partial charge in [-0.1, -0.05) is 126 Å². The summed E-state index contributed by atoms with van der Waals surface area (Å²) in [6.45, 7) is 2.80. The Hall–Kier alpha value is -3.08. The number of aliphatic hydroxyl groups is 6. The molecule has 1 heterocycles. The van der Waals surface area contributed by atoms with Crippen molar-refractivity contribution in [2.75, 3.05) is 13.2 Å². The largest absolute Gasteiger partial charge is 0.472 e. The van der Waals surface area contributed by atoms with Crippen molar-refractivity contribution in [1.29, 1.82) is 0 Å². The van der Waals surface area contributed by atoms with Gasteiger partial charge in [0.1, 0.15) is 31.0 Å². The van der Waals surface area contributed by atoms with E-state index in [1.54, 1.807) is 12.2 Å². The molecule has 1 aliphatic heterocycles. The van der Waals surface area contributed by atoms with Crippen LogP contribution in [0.15, 0.2) is 72.9 Å². The second-order valence-electron chi connectivity index (χ2n) is 16.9. The van der Waals surface area contributed by atoms with Gasteiger partial charge in [0.15, 0.2) is 11.9 Å². The van der Waals surface area contributed by atoms with Crippen molar-refractivity contribution in [2.24, 2.45) is 11.8 Å². The number of unbranched alkanes of at least 4 members (excludes halogenated alkanes) is 9. The number of rotatable bonds is 22. The molecule has 0 radical (unpaired) electrons. The fourth-order valence-electron chi connectivity index (χ4n) is 7.26. The van der Waals surface area contributed by atoms with Crippen LogP contribution in [0.25, 0.3) is 0 Å². The van der Waals surface area contributed by atoms with E-state index in [1.807, 2.05) is 6.92 Å². The molecular weight excluding hydrogens is 859 g/mol. The van der Waals surface area contributed by atoms with E-state index >= 15 is 0 Å². The number of phosphoric acid groups is 1. The van der Waals surface area contributed by atoms with Gasteiger partial charge in [-0.3, -0.25) is 23.4 Å². The number of allylic oxidation sites excluding steroid dienone is 9. The highest BCUT2D eigenvalue weighted by molar-refractivity contribution is 7.47. The Balaban J connectivity index is 2.15. The first-order valence-electron chi connectivity index (χ1n) is 23.8. The molecule has 0 aromatic carbocycles. The third-order valence-electron chi connectivity index (χ3n) is 11.3. The highest BCUT2D eigenvalue weighted by Crippen LogP contribution is 2.47. The Bertz CT molecular complexity index is 1570. The lowest BCUT2D eigenvalue weighted by Gasteiger charge is -2.36. The molecule has 370 valence electrons. The average Bonchev–Trinajstić information content (AvgIpc) is 3.28. The van der Waals surface area contributed by atoms with E-state index in [1.165, 1.54) is 37.5 Å². The molecule has 65 heavy (non-hydrogen) atoms. The number of phosphoric ester groups is 1. The summed E-state index contributed by atoms with van der Waals surface area (Å²) in [4.78, 5) is 50.0. The van der Waals surface area contributed by atoms with Gasteiger partial charge in [0.05, 0.1) is 30.8 Å². The van der Waals surface area contributed by atoms with Gasteiger partial charge >= 0.3 is 19.8 Å². The maximum absolute atomic E-state index is 13.6. The molecule has 11 atom stereocenters. The molecule has 0 fully saturated rings. The third-order valence-corrected chi connectivity index (χ3v) is 12.2. The normalized spacial score (nSPS) is 30.9. The Morgan fingerprint density at radius 3 is 2.12 bits per heavy atom. The van der Waals surface area contributed by atoms with Crippen molar-refractivity contribution < 1.29 is 73.0 Å². The van der Waals surface area contributed by atoms with Crippen LogP contribution in [0.1, 0.15) is 142 Å². The van der Waals surface area contributed by atoms with Crippen molar-refractivity contribution in [1.82, 2.24) is 0 Å². The summed E-state index contributed by atoms with van der Waals surface area (Å²) in [6.07, 6.45) is 19.8. The summed E-state index contributed by atoms with van der Waals surface area (Å²) in [5, 5.41) is 67.0. The second kappa shape index (κ2) is 34.2. The summed E-state index contributed by atoms with van der Waals surface area (Å²) < 4.78 is 34.7. The number of carbonyl (C=O) groups excluding carboxylic acids is 3. The van der Waals surface area contributed by atoms with Gasteiger partial charge in [-0.05, 0) is 76.7 Å². The molecule has 2 bridgehead atoms. The van der Waals surface area contributed by atoms with Crippen LogP contribution in [0.3, 0.4) is 0 Å². The Kier molecular flexibility index (Phi) is 30.6. The van der Waals surface area contributed by atoms with Crippen LogP contribution in [-0.4, -0.2) is 115 Å². The fraction of sp³-hybridized carbons (Fsp3) is 0.694. The first-order chi connectivity index (χ1) is 31.2. The maximum Gasteiger partial charge on any atom is 0.472 e. The molecule has 15 nitrogen and oxygen atoms in total. The van der Waals surface area contributed by atoms with Crippen LogP contribution in [-0.2, 0) is 37.5 Å². The number of hydrogen-bond acceptors (Lipinski definition) is 14. The number of carbonyl (C=O) groups is 3. The second-order valence-corrected chi connectivity index (χ2v) is 18.3. The van der Waals surface area contributed by atoms with Gasteiger partial charge in [-0.25, -0.2) is 4.57 Å². The van der Waals surface area contributed by atoms with Crippen LogP contribution >= 0.6 is 7.82 Å². The standard InChI is InChI=1S/C49H79O15P/c1-3-5-7-8-9-10-11-12-13-14-15-16-17-18-19-20-26-30-43(53)63-39-35-61-42(52)29-25-22-21-24-27-37-31-34-41(51)40(33-32-38(50)28-23-6-4-2)45(55)47(57)49(48(58)46(56)44(37)54)64-65(59,60)62-36-39/h9-10,12-13,15-16,21,24,31-34,37-40,44-50,54-58H,3-8,11,14,17-20,22-23,25-30,35-36H2,1-2H3,(H,59,60)/b10-9-,13-12-,16-15-,24-21-,33-32+,34-31-/t37-,38-,39+,40-,44+,45+,46-,47+,48+,49+/m0/s1. The van der Waals surface area contributed by atoms with E-state index in [-0.39, 0.29) is 19.3 Å². The minimum atomic E-state index is -5.43. The predicted octanol–water partition coefficient (Wildman–Crippen LogP) is 7.12. The lowest BCUT2D eigenvalue weighted by Crippen LogP contribution is -2.55. The predicted molar refractivity (Wildman–Crippen MR) is 248 cm³/mol. The quantitative estimate of drug-likeness (QED) is 0.0247. The maximum atomic E-state index is 13.6. The summed E-state index contributed by atoms with van der Waals surface area (Å²) in [6, 6.07) is 0. The molecule has 7 N–H and O–H groups in total. The number of aliphatic hydroxyl groups excluding tert-OH is 6. The van der Waals surface area contributed by atoms with Crippen molar-refractivity contribution in [3.8, 4) is 0 Å². The zero-order valence-electron chi connectivity index (χ0n) is 38.6. The van der Waals surface area contributed by atoms with Gasteiger partial charge in [0.25, 0.3) is 0 Å². The number of ketones is 1. The topological polar surface area (TPSA) is 247 Å². The first-order valence-corrected chi connectivity index (χ1v) is 25.3. The highest BCUT2D eigenvalue weighted by Gasteiger charge is 2.47. The monoisotopic (exact) mass is 939 g/mol. The van der Waals surface area contributed by atoms with Crippen LogP contribution in [0.2, 0.25) is 0 Å². The van der Waals surface area contributed by atoms with Crippen LogP contribution in [0, 0.1) is 11.8 Å². The molecular formula is C49H79O15P. The number of fused-ring (bicyclic) bond motifs is 4. The van der Waals surface area contributed by atoms with E-state index in [2.05, 4.69) is 43.4 Å². The lowest BCUT2D eigenvalue weighted by atomic mass is 9.87. The van der Waals surface area contributed by atoms with E-state index in [0.29, 0.717) is 32.1 Å². The molecule has 1 unspecified atom stereocenters. The Labute approximate surface area is 386 Å². The average molecular weight is 939 g/mol. The molecule has 0 amide bonds. The minimum absolute atomic E-state index is 0.0102. The number of ether oxygens (including phenoxy) is 2. The zero-order chi connectivity index (χ0) is 47.9. The smallest absolute Gasteiger partial charge is 0.462 e. The Morgan fingerprint density at radius 2 is 1.43 bits per heavy atom. The van der Waals surface area contributed by atoms with E-state index < -0.39 is 99.4 Å². The summed E-state index contributed by atoms with van der Waals surface area (Å²) >= 11 is 0. The SMILES string of the molecule is CCCCC/C=C\C/C=C\C/C=C\CCCCCCC(=O)O[C@@H]1COC(=O)CCC/C=C\C[C@H]2/C=C\C(=O)[C@H](/C=C/[C@@H](O)CCCCC)[C@@H](O)[C@@H](O)[C@@H](OP(=O)(O)OC1)[C@H](O)[C@@H](O)[C@@H]2O. The van der Waals surface area contributed by atoms with E-state index in [0.717, 1.165) is 63.9 Å². The van der Waals surface area contributed by atoms with E-state index in [4.69, 9.17) is 18.5 Å². The van der Waals surface area contributed by atoms with Gasteiger partial charge < -0.3 is 45.0 Å². The number of hydrogen-bond donors (Lipinski definition) is 7. The lowest BCUT2D eigenvalue weighted by molar-refractivity contribution is -0.164. The zero-order valence-corrected chi connectivity index (χ0v) is 39.5. The summed E-state index contributed by atoms with van der Waals surface area (Å²) in [5.74, 6) is -4.70. The summed E-state index contributed by atoms with van der Waals surface area (Å²) in [7, 11) is -5.43.